The van der Waals surface area contributed by atoms with Gasteiger partial charge in [0, 0.05) is 0 Å². The Kier molecular flexibility index (Phi) is 7.15. The number of imide groups is 1. The first-order valence-corrected chi connectivity index (χ1v) is 10.7. The van der Waals surface area contributed by atoms with Gasteiger partial charge in [-0.1, -0.05) is 25.1 Å². The number of halogens is 1. The van der Waals surface area contributed by atoms with Gasteiger partial charge in [-0.05, 0) is 73.5 Å². The summed E-state index contributed by atoms with van der Waals surface area (Å²) in [6.07, 6.45) is 2.60. The van der Waals surface area contributed by atoms with Gasteiger partial charge in [-0.2, -0.15) is 0 Å². The molecule has 0 spiro atoms. The van der Waals surface area contributed by atoms with Crippen LogP contribution in [0.5, 0.6) is 11.5 Å². The molecule has 2 aromatic rings. The van der Waals surface area contributed by atoms with Crippen LogP contribution in [0.4, 0.5) is 9.18 Å². The van der Waals surface area contributed by atoms with Crippen LogP contribution in [0.2, 0.25) is 0 Å². The predicted molar refractivity (Wildman–Crippen MR) is 116 cm³/mol. The van der Waals surface area contributed by atoms with E-state index in [9.17, 15) is 14.0 Å². The molecule has 0 bridgehead atoms. The van der Waals surface area contributed by atoms with Crippen LogP contribution < -0.4 is 9.47 Å². The molecule has 1 saturated heterocycles. The molecule has 5 nitrogen and oxygen atoms in total. The second-order valence-electron chi connectivity index (χ2n) is 6.87. The highest BCUT2D eigenvalue weighted by Crippen LogP contribution is 2.35. The molecule has 1 atom stereocenters. The lowest BCUT2D eigenvalue weighted by Crippen LogP contribution is -2.27. The van der Waals surface area contributed by atoms with Crippen molar-refractivity contribution in [2.75, 3.05) is 6.61 Å². The third-order valence-electron chi connectivity index (χ3n) is 4.60. The van der Waals surface area contributed by atoms with E-state index in [1.165, 1.54) is 12.1 Å². The van der Waals surface area contributed by atoms with E-state index in [4.69, 9.17) is 9.47 Å². The number of hydrogen-bond acceptors (Lipinski definition) is 5. The fourth-order valence-corrected chi connectivity index (χ4v) is 3.68. The molecule has 1 fully saturated rings. The molecular formula is C23H24FNO4S. The van der Waals surface area contributed by atoms with E-state index in [0.29, 0.717) is 28.6 Å². The summed E-state index contributed by atoms with van der Waals surface area (Å²) in [5.41, 5.74) is 1.42. The van der Waals surface area contributed by atoms with Crippen molar-refractivity contribution >= 4 is 29.0 Å². The fraction of sp³-hybridized carbons (Fsp3) is 0.304. The van der Waals surface area contributed by atoms with E-state index < -0.39 is 0 Å². The minimum atomic E-state index is -0.368. The summed E-state index contributed by atoms with van der Waals surface area (Å²) < 4.78 is 24.7. The number of ether oxygens (including phenoxy) is 2. The standard InChI is InChI=1S/C23H24FNO4S/c1-4-15(3)29-19-11-8-17(12-20(19)28-5-2)13-21-22(26)25(23(27)30-21)14-16-6-9-18(24)10-7-16/h6-13,15H,4-5,14H2,1-3H3/b21-13+/t15-/m1/s1. The number of thioether (sulfide) groups is 1. The van der Waals surface area contributed by atoms with Crippen molar-refractivity contribution in [3.05, 3.63) is 64.3 Å². The van der Waals surface area contributed by atoms with Crippen LogP contribution in [0.15, 0.2) is 47.4 Å². The maximum atomic E-state index is 13.1. The molecule has 0 N–H and O–H groups in total. The molecular weight excluding hydrogens is 405 g/mol. The third-order valence-corrected chi connectivity index (χ3v) is 5.50. The van der Waals surface area contributed by atoms with Gasteiger partial charge in [-0.3, -0.25) is 14.5 Å². The predicted octanol–water partition coefficient (Wildman–Crippen LogP) is 5.64. The molecule has 0 unspecified atom stereocenters. The first-order valence-electron chi connectivity index (χ1n) is 9.84. The van der Waals surface area contributed by atoms with Gasteiger partial charge in [0.15, 0.2) is 11.5 Å². The van der Waals surface area contributed by atoms with Crippen LogP contribution in [0.1, 0.15) is 38.3 Å². The zero-order valence-electron chi connectivity index (χ0n) is 17.2. The van der Waals surface area contributed by atoms with Crippen LogP contribution in [0.25, 0.3) is 6.08 Å². The van der Waals surface area contributed by atoms with E-state index >= 15 is 0 Å². The van der Waals surface area contributed by atoms with E-state index in [0.717, 1.165) is 28.6 Å². The van der Waals surface area contributed by atoms with E-state index in [1.54, 1.807) is 24.3 Å². The Morgan fingerprint density at radius 1 is 1.10 bits per heavy atom. The van der Waals surface area contributed by atoms with Crippen LogP contribution in [-0.2, 0) is 11.3 Å². The second-order valence-corrected chi connectivity index (χ2v) is 7.86. The number of rotatable bonds is 8. The number of amides is 2. The van der Waals surface area contributed by atoms with Gasteiger partial charge in [0.25, 0.3) is 11.1 Å². The zero-order valence-corrected chi connectivity index (χ0v) is 18.0. The molecule has 1 aliphatic rings. The molecule has 158 valence electrons. The van der Waals surface area contributed by atoms with E-state index in [2.05, 4.69) is 0 Å². The summed E-state index contributed by atoms with van der Waals surface area (Å²) in [4.78, 5) is 26.6. The Bertz CT molecular complexity index is 958. The molecule has 1 aliphatic heterocycles. The van der Waals surface area contributed by atoms with Gasteiger partial charge < -0.3 is 9.47 Å². The Morgan fingerprint density at radius 3 is 2.50 bits per heavy atom. The molecule has 7 heteroatoms. The average Bonchev–Trinajstić information content (AvgIpc) is 2.99. The molecule has 30 heavy (non-hydrogen) atoms. The van der Waals surface area contributed by atoms with Crippen LogP contribution >= 0.6 is 11.8 Å². The SMILES string of the molecule is CCOc1cc(/C=C2/SC(=O)N(Cc3ccc(F)cc3)C2=O)ccc1O[C@H](C)CC. The topological polar surface area (TPSA) is 55.8 Å². The molecule has 0 aromatic heterocycles. The Hall–Kier alpha value is -2.80. The van der Waals surface area contributed by atoms with Crippen molar-refractivity contribution in [1.82, 2.24) is 4.90 Å². The number of carbonyl (C=O) groups is 2. The van der Waals surface area contributed by atoms with Crippen LogP contribution in [0.3, 0.4) is 0 Å². The maximum absolute atomic E-state index is 13.1. The maximum Gasteiger partial charge on any atom is 0.293 e. The largest absolute Gasteiger partial charge is 0.490 e. The van der Waals surface area contributed by atoms with Gasteiger partial charge in [0.05, 0.1) is 24.2 Å². The summed E-state index contributed by atoms with van der Waals surface area (Å²) in [6.45, 7) is 6.51. The number of nitrogens with zero attached hydrogens (tertiary/aromatic N) is 1. The highest BCUT2D eigenvalue weighted by atomic mass is 32.2. The molecule has 0 radical (unpaired) electrons. The molecule has 0 saturated carbocycles. The third kappa shape index (κ3) is 5.21. The number of hydrogen-bond donors (Lipinski definition) is 0. The second kappa shape index (κ2) is 9.80. The van der Waals surface area contributed by atoms with Crippen molar-refractivity contribution in [2.45, 2.75) is 39.8 Å². The van der Waals surface area contributed by atoms with Crippen LogP contribution in [0, 0.1) is 5.82 Å². The molecule has 2 aromatic carbocycles. The summed E-state index contributed by atoms with van der Waals surface area (Å²) in [5, 5.41) is -0.350. The number of benzene rings is 2. The van der Waals surface area contributed by atoms with Crippen molar-refractivity contribution in [1.29, 1.82) is 0 Å². The zero-order chi connectivity index (χ0) is 21.7. The average molecular weight is 430 g/mol. The Morgan fingerprint density at radius 2 is 1.83 bits per heavy atom. The highest BCUT2D eigenvalue weighted by molar-refractivity contribution is 8.18. The number of carbonyl (C=O) groups excluding carboxylic acids is 2. The van der Waals surface area contributed by atoms with Crippen LogP contribution in [-0.4, -0.2) is 28.8 Å². The summed E-state index contributed by atoms with van der Waals surface area (Å²) in [5.74, 6) is 0.510. The lowest BCUT2D eigenvalue weighted by molar-refractivity contribution is -0.123. The normalized spacial score (nSPS) is 16.3. The lowest BCUT2D eigenvalue weighted by atomic mass is 10.1. The lowest BCUT2D eigenvalue weighted by Gasteiger charge is -2.16. The minimum Gasteiger partial charge on any atom is -0.490 e. The van der Waals surface area contributed by atoms with E-state index in [1.807, 2.05) is 32.9 Å². The fourth-order valence-electron chi connectivity index (χ4n) is 2.84. The summed E-state index contributed by atoms with van der Waals surface area (Å²) in [6, 6.07) is 11.2. The van der Waals surface area contributed by atoms with Gasteiger partial charge in [-0.25, -0.2) is 4.39 Å². The minimum absolute atomic E-state index is 0.0537. The smallest absolute Gasteiger partial charge is 0.293 e. The first-order chi connectivity index (χ1) is 14.4. The highest BCUT2D eigenvalue weighted by Gasteiger charge is 2.35. The van der Waals surface area contributed by atoms with Crippen molar-refractivity contribution in [3.63, 3.8) is 0 Å². The Labute approximate surface area is 179 Å². The van der Waals surface area contributed by atoms with Gasteiger partial charge >= 0.3 is 0 Å². The van der Waals surface area contributed by atoms with E-state index in [-0.39, 0.29) is 29.6 Å². The summed E-state index contributed by atoms with van der Waals surface area (Å²) >= 11 is 0.889. The van der Waals surface area contributed by atoms with Gasteiger partial charge in [-0.15, -0.1) is 0 Å². The quantitative estimate of drug-likeness (QED) is 0.509. The van der Waals surface area contributed by atoms with Gasteiger partial charge in [0.2, 0.25) is 0 Å². The monoisotopic (exact) mass is 429 g/mol. The van der Waals surface area contributed by atoms with Crippen molar-refractivity contribution in [2.24, 2.45) is 0 Å². The molecule has 2 amide bonds. The van der Waals surface area contributed by atoms with Crippen molar-refractivity contribution < 1.29 is 23.5 Å². The molecule has 1 heterocycles. The summed E-state index contributed by atoms with van der Waals surface area (Å²) in [7, 11) is 0. The first kappa shape index (κ1) is 21.9. The Balaban J connectivity index is 1.80. The molecule has 0 aliphatic carbocycles. The van der Waals surface area contributed by atoms with Crippen molar-refractivity contribution in [3.8, 4) is 11.5 Å². The van der Waals surface area contributed by atoms with Gasteiger partial charge in [0.1, 0.15) is 5.82 Å². The molecule has 3 rings (SSSR count).